The Labute approximate surface area is 196 Å². The van der Waals surface area contributed by atoms with Crippen LogP contribution in [0.5, 0.6) is 0 Å². The Bertz CT molecular complexity index is 1340. The molecule has 0 radical (unpaired) electrons. The van der Waals surface area contributed by atoms with Crippen LogP contribution in [0.15, 0.2) is 97.3 Å². The van der Waals surface area contributed by atoms with Gasteiger partial charge in [0.25, 0.3) is 0 Å². The van der Waals surface area contributed by atoms with Crippen molar-refractivity contribution in [3.63, 3.8) is 0 Å². The molecule has 1 atom stereocenters. The summed E-state index contributed by atoms with van der Waals surface area (Å²) in [6.07, 6.45) is 4.19. The summed E-state index contributed by atoms with van der Waals surface area (Å²) in [6.45, 7) is 2.42. The van der Waals surface area contributed by atoms with Crippen molar-refractivity contribution in [1.82, 2.24) is 20.1 Å². The number of carbonyl (C=O) groups excluding carboxylic acids is 1. The van der Waals surface area contributed by atoms with Gasteiger partial charge in [-0.15, -0.1) is 11.3 Å². The fourth-order valence-electron chi connectivity index (χ4n) is 4.08. The predicted octanol–water partition coefficient (Wildman–Crippen LogP) is 5.30. The van der Waals surface area contributed by atoms with Crippen LogP contribution < -0.4 is 5.32 Å². The molecule has 33 heavy (non-hydrogen) atoms. The van der Waals surface area contributed by atoms with E-state index in [0.717, 1.165) is 32.0 Å². The second-order valence-corrected chi connectivity index (χ2v) is 9.33. The van der Waals surface area contributed by atoms with Crippen molar-refractivity contribution in [1.29, 1.82) is 0 Å². The van der Waals surface area contributed by atoms with Gasteiger partial charge in [-0.3, -0.25) is 4.79 Å². The lowest BCUT2D eigenvalue weighted by atomic mass is 9.78. The summed E-state index contributed by atoms with van der Waals surface area (Å²) in [7, 11) is 0. The van der Waals surface area contributed by atoms with Crippen LogP contribution in [0.4, 0.5) is 0 Å². The van der Waals surface area contributed by atoms with Gasteiger partial charge in [0.05, 0.1) is 26.3 Å². The van der Waals surface area contributed by atoms with Crippen LogP contribution in [0.1, 0.15) is 23.1 Å². The smallest absolute Gasteiger partial charge is 0.231 e. The van der Waals surface area contributed by atoms with Gasteiger partial charge in [-0.05, 0) is 42.3 Å². The highest BCUT2D eigenvalue weighted by molar-refractivity contribution is 7.18. The van der Waals surface area contributed by atoms with Gasteiger partial charge in [0.2, 0.25) is 5.91 Å². The Morgan fingerprint density at radius 1 is 0.970 bits per heavy atom. The van der Waals surface area contributed by atoms with Gasteiger partial charge in [-0.1, -0.05) is 60.7 Å². The molecule has 164 valence electrons. The highest BCUT2D eigenvalue weighted by Crippen LogP contribution is 2.32. The molecule has 3 aromatic carbocycles. The topological polar surface area (TPSA) is 59.8 Å². The average molecular weight is 453 g/mol. The molecule has 0 aliphatic rings. The van der Waals surface area contributed by atoms with Gasteiger partial charge >= 0.3 is 0 Å². The molecule has 0 saturated heterocycles. The average Bonchev–Trinajstić information content (AvgIpc) is 3.53. The number of hydrogen-bond acceptors (Lipinski definition) is 4. The summed E-state index contributed by atoms with van der Waals surface area (Å²) < 4.78 is 2.95. The van der Waals surface area contributed by atoms with Crippen molar-refractivity contribution < 1.29 is 4.79 Å². The second-order valence-electron chi connectivity index (χ2n) is 8.21. The largest absolute Gasteiger partial charge is 0.351 e. The van der Waals surface area contributed by atoms with E-state index in [1.54, 1.807) is 17.5 Å². The molecule has 0 aliphatic carbocycles. The zero-order chi connectivity index (χ0) is 22.7. The van der Waals surface area contributed by atoms with Gasteiger partial charge in [0, 0.05) is 25.4 Å². The monoisotopic (exact) mass is 452 g/mol. The number of hydrogen-bond donors (Lipinski definition) is 1. The lowest BCUT2D eigenvalue weighted by Crippen LogP contribution is -2.43. The lowest BCUT2D eigenvalue weighted by molar-refractivity contribution is -0.126. The third-order valence-electron chi connectivity index (χ3n) is 5.94. The van der Waals surface area contributed by atoms with E-state index in [1.165, 1.54) is 0 Å². The number of fused-ring (bicyclic) bond motifs is 1. The van der Waals surface area contributed by atoms with Crippen LogP contribution in [-0.2, 0) is 23.2 Å². The first kappa shape index (κ1) is 21.1. The summed E-state index contributed by atoms with van der Waals surface area (Å²) in [5, 5.41) is 8.49. The molecule has 0 fully saturated rings. The summed E-state index contributed by atoms with van der Waals surface area (Å²) in [5.41, 5.74) is 3.15. The zero-order valence-corrected chi connectivity index (χ0v) is 19.1. The van der Waals surface area contributed by atoms with Crippen molar-refractivity contribution in [2.24, 2.45) is 0 Å². The molecule has 2 heterocycles. The maximum Gasteiger partial charge on any atom is 0.231 e. The number of rotatable bonds is 7. The van der Waals surface area contributed by atoms with Crippen molar-refractivity contribution in [3.8, 4) is 5.69 Å². The van der Waals surface area contributed by atoms with Crippen LogP contribution in [0.25, 0.3) is 15.9 Å². The van der Waals surface area contributed by atoms with Crippen LogP contribution in [0.3, 0.4) is 0 Å². The normalized spacial score (nSPS) is 13.0. The Kier molecular flexibility index (Phi) is 5.75. The molecule has 5 nitrogen and oxygen atoms in total. The molecule has 0 bridgehead atoms. The minimum absolute atomic E-state index is 0.0248. The number of nitrogens with zero attached hydrogens (tertiary/aromatic N) is 3. The van der Waals surface area contributed by atoms with Gasteiger partial charge in [-0.2, -0.15) is 5.10 Å². The number of amides is 1. The van der Waals surface area contributed by atoms with E-state index in [-0.39, 0.29) is 5.91 Å². The summed E-state index contributed by atoms with van der Waals surface area (Å²) in [5.74, 6) is -0.0248. The number of para-hydroxylation sites is 2. The molecule has 0 spiro atoms. The Morgan fingerprint density at radius 3 is 2.52 bits per heavy atom. The van der Waals surface area contributed by atoms with E-state index < -0.39 is 5.41 Å². The molecule has 2 aromatic heterocycles. The molecule has 0 aliphatic heterocycles. The minimum atomic E-state index is -0.754. The van der Waals surface area contributed by atoms with Crippen LogP contribution in [-0.4, -0.2) is 20.7 Å². The van der Waals surface area contributed by atoms with Crippen molar-refractivity contribution in [2.45, 2.75) is 25.3 Å². The summed E-state index contributed by atoms with van der Waals surface area (Å²) in [4.78, 5) is 18.5. The Hall–Kier alpha value is -3.77. The molecule has 5 rings (SSSR count). The third kappa shape index (κ3) is 4.30. The molecule has 1 amide bonds. The molecule has 6 heteroatoms. The van der Waals surface area contributed by atoms with E-state index in [1.807, 2.05) is 96.7 Å². The maximum absolute atomic E-state index is 13.7. The first-order valence-electron chi connectivity index (χ1n) is 10.9. The predicted molar refractivity (Wildman–Crippen MR) is 133 cm³/mol. The Morgan fingerprint density at radius 2 is 1.73 bits per heavy atom. The van der Waals surface area contributed by atoms with E-state index in [9.17, 15) is 4.79 Å². The van der Waals surface area contributed by atoms with Crippen LogP contribution in [0.2, 0.25) is 0 Å². The highest BCUT2D eigenvalue weighted by atomic mass is 32.1. The van der Waals surface area contributed by atoms with Gasteiger partial charge in [0.1, 0.15) is 0 Å². The molecule has 0 saturated carbocycles. The first-order valence-corrected chi connectivity index (χ1v) is 11.7. The molecule has 1 N–H and O–H groups in total. The van der Waals surface area contributed by atoms with Gasteiger partial charge < -0.3 is 5.32 Å². The fraction of sp³-hybridized carbons (Fsp3) is 0.148. The summed E-state index contributed by atoms with van der Waals surface area (Å²) >= 11 is 1.65. The number of aromatic nitrogens is 3. The van der Waals surface area contributed by atoms with Crippen molar-refractivity contribution in [2.75, 3.05) is 0 Å². The third-order valence-corrected chi connectivity index (χ3v) is 6.97. The standard InChI is InChI=1S/C27H24N4OS/c1-27(21-11-3-2-4-12-21,18-25-30-22-13-6-8-15-24(22)33-25)26(32)28-19-20-10-5-7-14-23(20)31-17-9-16-29-31/h2-17H,18-19H2,1H3,(H,28,32). The van der Waals surface area contributed by atoms with Gasteiger partial charge in [0.15, 0.2) is 0 Å². The van der Waals surface area contributed by atoms with Crippen LogP contribution >= 0.6 is 11.3 Å². The van der Waals surface area contributed by atoms with E-state index in [0.29, 0.717) is 13.0 Å². The van der Waals surface area contributed by atoms with Gasteiger partial charge in [-0.25, -0.2) is 9.67 Å². The first-order chi connectivity index (χ1) is 16.1. The lowest BCUT2D eigenvalue weighted by Gasteiger charge is -2.28. The number of nitrogens with one attached hydrogen (secondary N) is 1. The highest BCUT2D eigenvalue weighted by Gasteiger charge is 2.36. The number of thiazole rings is 1. The Balaban J connectivity index is 1.43. The molecular weight excluding hydrogens is 428 g/mol. The molecule has 5 aromatic rings. The number of benzene rings is 3. The van der Waals surface area contributed by atoms with Crippen molar-refractivity contribution in [3.05, 3.63) is 113 Å². The van der Waals surface area contributed by atoms with E-state index >= 15 is 0 Å². The molecule has 1 unspecified atom stereocenters. The minimum Gasteiger partial charge on any atom is -0.351 e. The molecular formula is C27H24N4OS. The van der Waals surface area contributed by atoms with E-state index in [2.05, 4.69) is 16.5 Å². The maximum atomic E-state index is 13.7. The fourth-order valence-corrected chi connectivity index (χ4v) is 5.21. The second kappa shape index (κ2) is 9.00. The van der Waals surface area contributed by atoms with E-state index in [4.69, 9.17) is 4.98 Å². The SMILES string of the molecule is CC(Cc1nc2ccccc2s1)(C(=O)NCc1ccccc1-n1cccn1)c1ccccc1. The number of carbonyl (C=O) groups is 1. The van der Waals surface area contributed by atoms with Crippen LogP contribution in [0, 0.1) is 0 Å². The summed E-state index contributed by atoms with van der Waals surface area (Å²) in [6, 6.07) is 27.9. The quantitative estimate of drug-likeness (QED) is 0.365. The zero-order valence-electron chi connectivity index (χ0n) is 18.3. The van der Waals surface area contributed by atoms with Crippen molar-refractivity contribution >= 4 is 27.5 Å².